The molecule has 0 radical (unpaired) electrons. The molecule has 2 aromatic heterocycles. The summed E-state index contributed by atoms with van der Waals surface area (Å²) >= 11 is 2.97. The number of carbonyl (C=O) groups is 1. The Morgan fingerprint density at radius 1 is 1.30 bits per heavy atom. The molecule has 0 saturated heterocycles. The molecule has 0 aliphatic heterocycles. The number of nitrogens with one attached hydrogen (secondary N) is 1. The van der Waals surface area contributed by atoms with E-state index < -0.39 is 0 Å². The predicted molar refractivity (Wildman–Crippen MR) is 93.7 cm³/mol. The third-order valence-corrected chi connectivity index (χ3v) is 4.97. The highest BCUT2D eigenvalue weighted by atomic mass is 32.2. The Bertz CT molecular complexity index is 805. The van der Waals surface area contributed by atoms with Crippen LogP contribution in [0.25, 0.3) is 10.7 Å². The molecule has 1 aromatic carbocycles. The number of hydrogen-bond donors (Lipinski definition) is 1. The van der Waals surface area contributed by atoms with Crippen molar-refractivity contribution >= 4 is 34.8 Å². The van der Waals surface area contributed by atoms with E-state index >= 15 is 0 Å². The van der Waals surface area contributed by atoms with Crippen LogP contribution in [0.2, 0.25) is 0 Å². The fourth-order valence-electron chi connectivity index (χ4n) is 1.91. The molecular weight excluding hydrogens is 328 g/mol. The van der Waals surface area contributed by atoms with Gasteiger partial charge in [0.05, 0.1) is 16.1 Å². The number of carbonyl (C=O) groups excluding carboxylic acids is 1. The highest BCUT2D eigenvalue weighted by Crippen LogP contribution is 2.22. The number of thioether (sulfide) groups is 1. The molecule has 3 rings (SSSR count). The number of hydrogen-bond acceptors (Lipinski definition) is 6. The van der Waals surface area contributed by atoms with Crippen LogP contribution in [-0.4, -0.2) is 26.6 Å². The maximum absolute atomic E-state index is 12.1. The fraction of sp³-hybridized carbons (Fsp3) is 0.125. The first kappa shape index (κ1) is 15.6. The molecule has 0 saturated carbocycles. The third kappa shape index (κ3) is 4.14. The monoisotopic (exact) mass is 342 g/mol. The van der Waals surface area contributed by atoms with Crippen molar-refractivity contribution < 1.29 is 4.79 Å². The molecule has 0 aliphatic carbocycles. The highest BCUT2D eigenvalue weighted by Gasteiger charge is 2.08. The van der Waals surface area contributed by atoms with Crippen molar-refractivity contribution in [3.8, 4) is 10.7 Å². The Hall–Kier alpha value is -2.25. The van der Waals surface area contributed by atoms with E-state index in [4.69, 9.17) is 0 Å². The Morgan fingerprint density at radius 2 is 2.17 bits per heavy atom. The van der Waals surface area contributed by atoms with Gasteiger partial charge in [0.25, 0.3) is 0 Å². The Morgan fingerprint density at radius 3 is 2.96 bits per heavy atom. The largest absolute Gasteiger partial charge is 0.310 e. The van der Waals surface area contributed by atoms with Crippen molar-refractivity contribution in [1.29, 1.82) is 0 Å². The van der Waals surface area contributed by atoms with E-state index in [2.05, 4.69) is 20.3 Å². The molecule has 116 valence electrons. The summed E-state index contributed by atoms with van der Waals surface area (Å²) < 4.78 is 0. The number of anilines is 1. The lowest BCUT2D eigenvalue weighted by Gasteiger charge is -2.06. The Labute approximate surface area is 142 Å². The number of aryl methyl sites for hydroxylation is 1. The van der Waals surface area contributed by atoms with Crippen molar-refractivity contribution in [1.82, 2.24) is 15.0 Å². The minimum Gasteiger partial charge on any atom is -0.310 e. The normalized spacial score (nSPS) is 10.5. The highest BCUT2D eigenvalue weighted by molar-refractivity contribution is 8.00. The van der Waals surface area contributed by atoms with Gasteiger partial charge in [-0.25, -0.2) is 9.97 Å². The Kier molecular flexibility index (Phi) is 4.99. The zero-order valence-corrected chi connectivity index (χ0v) is 14.0. The van der Waals surface area contributed by atoms with Crippen molar-refractivity contribution in [2.75, 3.05) is 11.1 Å². The number of benzene rings is 1. The average Bonchev–Trinajstić information content (AvgIpc) is 3.09. The zero-order chi connectivity index (χ0) is 16.1. The molecule has 2 heterocycles. The molecule has 7 heteroatoms. The lowest BCUT2D eigenvalue weighted by molar-refractivity contribution is -0.113. The Balaban J connectivity index is 1.62. The van der Waals surface area contributed by atoms with Gasteiger partial charge >= 0.3 is 0 Å². The molecule has 3 aromatic rings. The van der Waals surface area contributed by atoms with Gasteiger partial charge in [-0.1, -0.05) is 18.2 Å². The molecule has 0 spiro atoms. The standard InChI is InChI=1S/C16H14N4OS2/c1-11-4-2-3-5-12(11)22-9-15(21)19-14-6-7-18-16(20-14)13-8-17-10-23-13/h2-8,10H,9H2,1H3,(H,18,19,20,21). The molecule has 0 atom stereocenters. The SMILES string of the molecule is Cc1ccccc1SCC(=O)Nc1ccnc(-c2cncs2)n1. The molecule has 1 amide bonds. The van der Waals surface area contributed by atoms with E-state index in [0.717, 1.165) is 9.77 Å². The van der Waals surface area contributed by atoms with Crippen LogP contribution >= 0.6 is 23.1 Å². The summed E-state index contributed by atoms with van der Waals surface area (Å²) in [5.41, 5.74) is 2.89. The molecular formula is C16H14N4OS2. The topological polar surface area (TPSA) is 67.8 Å². The van der Waals surface area contributed by atoms with Crippen molar-refractivity contribution in [2.24, 2.45) is 0 Å². The fourth-order valence-corrected chi connectivity index (χ4v) is 3.30. The van der Waals surface area contributed by atoms with Crippen LogP contribution < -0.4 is 5.32 Å². The molecule has 5 nitrogen and oxygen atoms in total. The van der Waals surface area contributed by atoms with Gasteiger partial charge in [0.1, 0.15) is 5.82 Å². The second kappa shape index (κ2) is 7.34. The van der Waals surface area contributed by atoms with E-state index in [-0.39, 0.29) is 5.91 Å². The van der Waals surface area contributed by atoms with Gasteiger partial charge in [-0.15, -0.1) is 23.1 Å². The molecule has 0 bridgehead atoms. The van der Waals surface area contributed by atoms with Crippen molar-refractivity contribution in [3.63, 3.8) is 0 Å². The number of thiazole rings is 1. The van der Waals surface area contributed by atoms with E-state index in [9.17, 15) is 4.79 Å². The number of rotatable bonds is 5. The number of amides is 1. The van der Waals surface area contributed by atoms with Gasteiger partial charge in [0.15, 0.2) is 5.82 Å². The van der Waals surface area contributed by atoms with Crippen LogP contribution in [-0.2, 0) is 4.79 Å². The molecule has 0 aliphatic rings. The van der Waals surface area contributed by atoms with Crippen LogP contribution in [0.5, 0.6) is 0 Å². The van der Waals surface area contributed by atoms with E-state index in [1.54, 1.807) is 24.0 Å². The van der Waals surface area contributed by atoms with Gasteiger partial charge in [0.2, 0.25) is 5.91 Å². The van der Waals surface area contributed by atoms with Gasteiger partial charge in [-0.05, 0) is 24.6 Å². The lowest BCUT2D eigenvalue weighted by atomic mass is 10.2. The quantitative estimate of drug-likeness (QED) is 0.717. The minimum absolute atomic E-state index is 0.0905. The smallest absolute Gasteiger partial charge is 0.235 e. The second-order valence-corrected chi connectivity index (χ2v) is 6.64. The first-order chi connectivity index (χ1) is 11.2. The van der Waals surface area contributed by atoms with Crippen LogP contribution in [0.15, 0.2) is 53.1 Å². The maximum Gasteiger partial charge on any atom is 0.235 e. The van der Waals surface area contributed by atoms with Crippen LogP contribution in [0.1, 0.15) is 5.56 Å². The van der Waals surface area contributed by atoms with Crippen molar-refractivity contribution in [2.45, 2.75) is 11.8 Å². The minimum atomic E-state index is -0.0905. The van der Waals surface area contributed by atoms with E-state index in [1.807, 2.05) is 31.2 Å². The summed E-state index contributed by atoms with van der Waals surface area (Å²) in [6.45, 7) is 2.03. The summed E-state index contributed by atoms with van der Waals surface area (Å²) in [5.74, 6) is 1.31. The summed E-state index contributed by atoms with van der Waals surface area (Å²) in [6.07, 6.45) is 3.34. The first-order valence-corrected chi connectivity index (χ1v) is 8.79. The van der Waals surface area contributed by atoms with Crippen LogP contribution in [0, 0.1) is 6.92 Å². The van der Waals surface area contributed by atoms with Gasteiger partial charge < -0.3 is 5.32 Å². The number of nitrogens with zero attached hydrogens (tertiary/aromatic N) is 3. The summed E-state index contributed by atoms with van der Waals surface area (Å²) in [7, 11) is 0. The van der Waals surface area contributed by atoms with E-state index in [1.165, 1.54) is 28.7 Å². The third-order valence-electron chi connectivity index (χ3n) is 3.03. The molecule has 0 unspecified atom stereocenters. The second-order valence-electron chi connectivity index (χ2n) is 4.73. The summed E-state index contributed by atoms with van der Waals surface area (Å²) in [4.78, 5) is 26.6. The van der Waals surface area contributed by atoms with Crippen LogP contribution in [0.3, 0.4) is 0 Å². The predicted octanol–water partition coefficient (Wildman–Crippen LogP) is 3.64. The van der Waals surface area contributed by atoms with Crippen LogP contribution in [0.4, 0.5) is 5.82 Å². The number of aromatic nitrogens is 3. The zero-order valence-electron chi connectivity index (χ0n) is 12.4. The molecule has 1 N–H and O–H groups in total. The summed E-state index contributed by atoms with van der Waals surface area (Å²) in [6, 6.07) is 9.69. The first-order valence-electron chi connectivity index (χ1n) is 6.92. The average molecular weight is 342 g/mol. The molecule has 23 heavy (non-hydrogen) atoms. The molecule has 0 fully saturated rings. The lowest BCUT2D eigenvalue weighted by Crippen LogP contribution is -2.15. The van der Waals surface area contributed by atoms with E-state index in [0.29, 0.717) is 17.4 Å². The maximum atomic E-state index is 12.1. The van der Waals surface area contributed by atoms with Gasteiger partial charge in [-0.3, -0.25) is 9.78 Å². The summed E-state index contributed by atoms with van der Waals surface area (Å²) in [5, 5.41) is 2.81. The van der Waals surface area contributed by atoms with Gasteiger partial charge in [0, 0.05) is 17.3 Å². The van der Waals surface area contributed by atoms with Gasteiger partial charge in [-0.2, -0.15) is 0 Å². The van der Waals surface area contributed by atoms with Crippen molar-refractivity contribution in [3.05, 3.63) is 53.8 Å².